The molecule has 2 aromatic rings. The first-order chi connectivity index (χ1) is 17.4. The fourth-order valence-corrected chi connectivity index (χ4v) is 5.60. The van der Waals surface area contributed by atoms with Crippen LogP contribution >= 0.6 is 34.8 Å². The summed E-state index contributed by atoms with van der Waals surface area (Å²) in [5, 5.41) is 4.15. The fourth-order valence-electron chi connectivity index (χ4n) is 3.95. The monoisotopic (exact) mass is 589 g/mol. The zero-order valence-corrected chi connectivity index (χ0v) is 24.6. The van der Waals surface area contributed by atoms with E-state index in [0.717, 1.165) is 18.2 Å². The number of aryl methyl sites for hydroxylation is 1. The van der Waals surface area contributed by atoms with Crippen molar-refractivity contribution in [3.8, 4) is 0 Å². The molecule has 1 atom stereocenters. The highest BCUT2D eigenvalue weighted by atomic mass is 35.5. The molecule has 11 heteroatoms. The molecule has 0 aromatic heterocycles. The third-order valence-corrected chi connectivity index (χ3v) is 7.88. The van der Waals surface area contributed by atoms with Crippen LogP contribution in [0.1, 0.15) is 50.7 Å². The molecule has 0 aliphatic carbocycles. The summed E-state index contributed by atoms with van der Waals surface area (Å²) in [5.41, 5.74) is 1.88. The van der Waals surface area contributed by atoms with Crippen LogP contribution in [-0.2, 0) is 26.2 Å². The van der Waals surface area contributed by atoms with Crippen LogP contribution < -0.4 is 9.62 Å². The summed E-state index contributed by atoms with van der Waals surface area (Å²) in [7, 11) is -3.62. The Morgan fingerprint density at radius 1 is 1.03 bits per heavy atom. The Kier molecular flexibility index (Phi) is 12.0. The molecule has 7 nitrogen and oxygen atoms in total. The summed E-state index contributed by atoms with van der Waals surface area (Å²) < 4.78 is 26.4. The lowest BCUT2D eigenvalue weighted by atomic mass is 10.1. The van der Waals surface area contributed by atoms with Gasteiger partial charge in [-0.2, -0.15) is 0 Å². The highest BCUT2D eigenvalue weighted by Crippen LogP contribution is 2.27. The van der Waals surface area contributed by atoms with Crippen LogP contribution in [0.2, 0.25) is 15.1 Å². The Bertz CT molecular complexity index is 1210. The van der Waals surface area contributed by atoms with Gasteiger partial charge in [0.15, 0.2) is 0 Å². The van der Waals surface area contributed by atoms with Crippen LogP contribution in [-0.4, -0.2) is 50.5 Å². The van der Waals surface area contributed by atoms with E-state index in [-0.39, 0.29) is 37.7 Å². The number of nitrogens with zero attached hydrogens (tertiary/aromatic N) is 2. The summed E-state index contributed by atoms with van der Waals surface area (Å²) in [6, 6.07) is 9.34. The minimum atomic E-state index is -3.62. The van der Waals surface area contributed by atoms with Crippen LogP contribution in [0.3, 0.4) is 0 Å². The van der Waals surface area contributed by atoms with Gasteiger partial charge >= 0.3 is 0 Å². The number of rotatable bonds is 13. The van der Waals surface area contributed by atoms with Crippen molar-refractivity contribution in [3.05, 3.63) is 62.6 Å². The van der Waals surface area contributed by atoms with Crippen molar-refractivity contribution in [1.82, 2.24) is 10.2 Å². The van der Waals surface area contributed by atoms with Gasteiger partial charge in [0.25, 0.3) is 0 Å². The topological polar surface area (TPSA) is 86.8 Å². The molecule has 2 amide bonds. The molecular formula is C26H34Cl3N3O4S. The number of sulfonamides is 1. The normalized spacial score (nSPS) is 12.2. The van der Waals surface area contributed by atoms with E-state index in [4.69, 9.17) is 34.8 Å². The second-order valence-electron chi connectivity index (χ2n) is 8.84. The largest absolute Gasteiger partial charge is 0.354 e. The minimum Gasteiger partial charge on any atom is -0.354 e. The van der Waals surface area contributed by atoms with E-state index < -0.39 is 16.1 Å². The summed E-state index contributed by atoms with van der Waals surface area (Å²) in [6.07, 6.45) is 2.58. The SMILES string of the molecule is CCCNC(=O)[C@@H](CC)N(Cc1ccc(Cl)cc1Cl)C(=O)CCCN(c1cc(Cl)ccc1C)S(C)(=O)=O. The van der Waals surface area contributed by atoms with E-state index in [1.807, 2.05) is 13.8 Å². The van der Waals surface area contributed by atoms with Crippen molar-refractivity contribution in [2.45, 2.75) is 59.0 Å². The highest BCUT2D eigenvalue weighted by Gasteiger charge is 2.29. The highest BCUT2D eigenvalue weighted by molar-refractivity contribution is 7.92. The number of anilines is 1. The molecule has 0 spiro atoms. The van der Waals surface area contributed by atoms with E-state index in [0.29, 0.717) is 39.3 Å². The maximum absolute atomic E-state index is 13.5. The van der Waals surface area contributed by atoms with E-state index >= 15 is 0 Å². The van der Waals surface area contributed by atoms with Gasteiger partial charge in [-0.15, -0.1) is 0 Å². The second-order valence-corrected chi connectivity index (χ2v) is 12.0. The smallest absolute Gasteiger partial charge is 0.242 e. The first-order valence-corrected chi connectivity index (χ1v) is 15.1. The van der Waals surface area contributed by atoms with Gasteiger partial charge in [0.1, 0.15) is 6.04 Å². The van der Waals surface area contributed by atoms with Gasteiger partial charge in [-0.3, -0.25) is 13.9 Å². The molecule has 0 unspecified atom stereocenters. The first kappa shape index (κ1) is 31.2. The van der Waals surface area contributed by atoms with Crippen LogP contribution in [0.5, 0.6) is 0 Å². The lowest BCUT2D eigenvalue weighted by molar-refractivity contribution is -0.141. The first-order valence-electron chi connectivity index (χ1n) is 12.1. The summed E-state index contributed by atoms with van der Waals surface area (Å²) in [5.74, 6) is -0.518. The molecule has 37 heavy (non-hydrogen) atoms. The number of nitrogens with one attached hydrogen (secondary N) is 1. The molecule has 204 valence electrons. The van der Waals surface area contributed by atoms with Crippen LogP contribution in [0.25, 0.3) is 0 Å². The third-order valence-electron chi connectivity index (χ3n) is 5.88. The van der Waals surface area contributed by atoms with Gasteiger partial charge in [-0.1, -0.05) is 60.8 Å². The predicted octanol–water partition coefficient (Wildman–Crippen LogP) is 5.84. The summed E-state index contributed by atoms with van der Waals surface area (Å²) in [4.78, 5) is 27.9. The van der Waals surface area contributed by atoms with Gasteiger partial charge in [0.05, 0.1) is 11.9 Å². The van der Waals surface area contributed by atoms with Crippen molar-refractivity contribution >= 4 is 62.3 Å². The number of carbonyl (C=O) groups is 2. The van der Waals surface area contributed by atoms with Crippen LogP contribution in [0, 0.1) is 6.92 Å². The lowest BCUT2D eigenvalue weighted by Crippen LogP contribution is -2.49. The number of hydrogen-bond donors (Lipinski definition) is 1. The predicted molar refractivity (Wildman–Crippen MR) is 152 cm³/mol. The molecule has 0 aliphatic heterocycles. The molecule has 1 N–H and O–H groups in total. The van der Waals surface area contributed by atoms with Crippen molar-refractivity contribution in [2.24, 2.45) is 0 Å². The Balaban J connectivity index is 2.27. The van der Waals surface area contributed by atoms with Crippen molar-refractivity contribution in [3.63, 3.8) is 0 Å². The standard InChI is InChI=1S/C26H34Cl3N3O4S/c1-5-13-30-26(34)23(6-2)31(17-19-10-12-20(27)15-22(19)29)25(33)8-7-14-32(37(4,35)36)24-16-21(28)11-9-18(24)3/h9-12,15-16,23H,5-8,13-14,17H2,1-4H3,(H,30,34)/t23-/m1/s1. The Labute approximate surface area is 235 Å². The van der Waals surface area contributed by atoms with E-state index in [1.165, 1.54) is 9.21 Å². The van der Waals surface area contributed by atoms with Gasteiger partial charge in [-0.05, 0) is 61.6 Å². The van der Waals surface area contributed by atoms with Crippen molar-refractivity contribution in [2.75, 3.05) is 23.7 Å². The number of carbonyl (C=O) groups excluding carboxylic acids is 2. The number of amides is 2. The maximum Gasteiger partial charge on any atom is 0.242 e. The van der Waals surface area contributed by atoms with Gasteiger partial charge in [-0.25, -0.2) is 8.42 Å². The maximum atomic E-state index is 13.5. The fraction of sp³-hybridized carbons (Fsp3) is 0.462. The van der Waals surface area contributed by atoms with E-state index in [2.05, 4.69) is 5.32 Å². The molecule has 0 saturated heterocycles. The number of halogens is 3. The zero-order chi connectivity index (χ0) is 27.8. The van der Waals surface area contributed by atoms with Crippen LogP contribution in [0.15, 0.2) is 36.4 Å². The van der Waals surface area contributed by atoms with E-state index in [1.54, 1.807) is 43.3 Å². The molecule has 2 aromatic carbocycles. The van der Waals surface area contributed by atoms with Crippen molar-refractivity contribution in [1.29, 1.82) is 0 Å². The van der Waals surface area contributed by atoms with Gasteiger partial charge in [0, 0.05) is 41.1 Å². The molecular weight excluding hydrogens is 557 g/mol. The van der Waals surface area contributed by atoms with Crippen molar-refractivity contribution < 1.29 is 18.0 Å². The molecule has 2 rings (SSSR count). The Morgan fingerprint density at radius 2 is 1.68 bits per heavy atom. The molecule has 0 aliphatic rings. The summed E-state index contributed by atoms with van der Waals surface area (Å²) >= 11 is 18.5. The Hall–Kier alpha value is -2.00. The average molecular weight is 591 g/mol. The average Bonchev–Trinajstić information content (AvgIpc) is 2.82. The van der Waals surface area contributed by atoms with Crippen LogP contribution in [0.4, 0.5) is 5.69 Å². The number of benzene rings is 2. The minimum absolute atomic E-state index is 0.0361. The Morgan fingerprint density at radius 3 is 2.27 bits per heavy atom. The van der Waals surface area contributed by atoms with Gasteiger partial charge < -0.3 is 10.2 Å². The number of hydrogen-bond acceptors (Lipinski definition) is 4. The van der Waals surface area contributed by atoms with Gasteiger partial charge in [0.2, 0.25) is 21.8 Å². The molecule has 0 radical (unpaired) electrons. The quantitative estimate of drug-likeness (QED) is 0.318. The summed E-state index contributed by atoms with van der Waals surface area (Å²) in [6.45, 7) is 6.30. The zero-order valence-electron chi connectivity index (χ0n) is 21.6. The lowest BCUT2D eigenvalue weighted by Gasteiger charge is -2.31. The third kappa shape index (κ3) is 9.06. The van der Waals surface area contributed by atoms with E-state index in [9.17, 15) is 18.0 Å². The molecule has 0 heterocycles. The molecule has 0 saturated carbocycles. The molecule has 0 fully saturated rings. The molecule has 0 bridgehead atoms. The second kappa shape index (κ2) is 14.2.